The second kappa shape index (κ2) is 3.94. The zero-order chi connectivity index (χ0) is 11.9. The van der Waals surface area contributed by atoms with E-state index in [1.54, 1.807) is 7.11 Å². The van der Waals surface area contributed by atoms with Gasteiger partial charge in [0.1, 0.15) is 5.75 Å². The molecule has 0 atom stereocenters. The summed E-state index contributed by atoms with van der Waals surface area (Å²) in [4.78, 5) is 11.1. The van der Waals surface area contributed by atoms with Crippen LogP contribution >= 0.6 is 15.9 Å². The molecule has 0 N–H and O–H groups in total. The predicted molar refractivity (Wildman–Crippen MR) is 67.3 cm³/mol. The van der Waals surface area contributed by atoms with E-state index < -0.39 is 0 Å². The smallest absolute Gasteiger partial charge is 0.152 e. The minimum absolute atomic E-state index is 0.711. The summed E-state index contributed by atoms with van der Waals surface area (Å²) in [6.45, 7) is 1.93. The average Bonchev–Trinajstić information content (AvgIpc) is 2.54. The SMILES string of the molecule is COc1ccc2c(c1Br)c(C=O)c(C)n2C. The number of halogens is 1. The highest BCUT2D eigenvalue weighted by Gasteiger charge is 2.16. The number of carbonyl (C=O) groups excluding carboxylic acids is 1. The monoisotopic (exact) mass is 281 g/mol. The van der Waals surface area contributed by atoms with Crippen LogP contribution in [0.1, 0.15) is 16.1 Å². The van der Waals surface area contributed by atoms with Crippen molar-refractivity contribution in [2.45, 2.75) is 6.92 Å². The van der Waals surface area contributed by atoms with E-state index in [1.165, 1.54) is 0 Å². The van der Waals surface area contributed by atoms with Crippen molar-refractivity contribution in [1.29, 1.82) is 0 Å². The maximum Gasteiger partial charge on any atom is 0.152 e. The molecule has 1 aromatic carbocycles. The first-order valence-electron chi connectivity index (χ1n) is 4.88. The summed E-state index contributed by atoms with van der Waals surface area (Å²) in [7, 11) is 3.56. The molecule has 16 heavy (non-hydrogen) atoms. The van der Waals surface area contributed by atoms with Gasteiger partial charge in [-0.1, -0.05) is 0 Å². The van der Waals surface area contributed by atoms with Crippen molar-refractivity contribution in [1.82, 2.24) is 4.57 Å². The van der Waals surface area contributed by atoms with Gasteiger partial charge < -0.3 is 9.30 Å². The number of benzene rings is 1. The summed E-state index contributed by atoms with van der Waals surface area (Å²) in [6.07, 6.45) is 0.891. The summed E-state index contributed by atoms with van der Waals surface area (Å²) < 4.78 is 8.06. The second-order valence-electron chi connectivity index (χ2n) is 3.65. The molecular weight excluding hydrogens is 270 g/mol. The summed E-state index contributed by atoms with van der Waals surface area (Å²) in [6, 6.07) is 3.85. The van der Waals surface area contributed by atoms with Gasteiger partial charge in [-0.25, -0.2) is 0 Å². The van der Waals surface area contributed by atoms with Crippen LogP contribution in [0.25, 0.3) is 10.9 Å². The Labute approximate surface area is 102 Å². The highest BCUT2D eigenvalue weighted by Crippen LogP contribution is 2.36. The Morgan fingerprint density at radius 2 is 2.12 bits per heavy atom. The minimum Gasteiger partial charge on any atom is -0.496 e. The van der Waals surface area contributed by atoms with Gasteiger partial charge in [0.15, 0.2) is 6.29 Å². The molecule has 0 spiro atoms. The van der Waals surface area contributed by atoms with Gasteiger partial charge in [-0.2, -0.15) is 0 Å². The Kier molecular flexibility index (Phi) is 2.76. The largest absolute Gasteiger partial charge is 0.496 e. The van der Waals surface area contributed by atoms with Crippen LogP contribution in [0.5, 0.6) is 5.75 Å². The number of aryl methyl sites for hydroxylation is 1. The lowest BCUT2D eigenvalue weighted by Crippen LogP contribution is -1.91. The molecule has 0 aliphatic heterocycles. The van der Waals surface area contributed by atoms with Crippen molar-refractivity contribution in [2.24, 2.45) is 7.05 Å². The molecule has 1 aromatic heterocycles. The van der Waals surface area contributed by atoms with Crippen molar-refractivity contribution in [3.63, 3.8) is 0 Å². The van der Waals surface area contributed by atoms with Gasteiger partial charge in [0.2, 0.25) is 0 Å². The van der Waals surface area contributed by atoms with Crippen LogP contribution in [0.4, 0.5) is 0 Å². The van der Waals surface area contributed by atoms with Gasteiger partial charge in [-0.15, -0.1) is 0 Å². The standard InChI is InChI=1S/C12H12BrNO2/c1-7-8(6-15)11-9(14(7)2)4-5-10(16-3)12(11)13/h4-6H,1-3H3. The maximum atomic E-state index is 11.1. The fourth-order valence-corrected chi connectivity index (χ4v) is 2.64. The third-order valence-corrected chi connectivity index (χ3v) is 3.73. The van der Waals surface area contributed by atoms with Gasteiger partial charge >= 0.3 is 0 Å². The Hall–Kier alpha value is -1.29. The molecule has 0 aliphatic carbocycles. The number of carbonyl (C=O) groups is 1. The Morgan fingerprint density at radius 1 is 1.44 bits per heavy atom. The zero-order valence-electron chi connectivity index (χ0n) is 9.37. The van der Waals surface area contributed by atoms with Gasteiger partial charge in [-0.3, -0.25) is 4.79 Å². The summed E-state index contributed by atoms with van der Waals surface area (Å²) in [5, 5.41) is 0.911. The lowest BCUT2D eigenvalue weighted by atomic mass is 10.1. The topological polar surface area (TPSA) is 31.2 Å². The van der Waals surface area contributed by atoms with Crippen LogP contribution in [0.2, 0.25) is 0 Å². The van der Waals surface area contributed by atoms with Crippen LogP contribution in [0.15, 0.2) is 16.6 Å². The highest BCUT2D eigenvalue weighted by molar-refractivity contribution is 9.10. The summed E-state index contributed by atoms with van der Waals surface area (Å²) in [5.41, 5.74) is 2.69. The van der Waals surface area contributed by atoms with Crippen LogP contribution in [-0.2, 0) is 7.05 Å². The van der Waals surface area contributed by atoms with Gasteiger partial charge in [0.25, 0.3) is 0 Å². The number of nitrogens with zero attached hydrogens (tertiary/aromatic N) is 1. The van der Waals surface area contributed by atoms with Crippen molar-refractivity contribution >= 4 is 33.1 Å². The highest BCUT2D eigenvalue weighted by atomic mass is 79.9. The normalized spacial score (nSPS) is 10.8. The average molecular weight is 282 g/mol. The minimum atomic E-state index is 0.711. The molecule has 3 nitrogen and oxygen atoms in total. The van der Waals surface area contributed by atoms with E-state index in [-0.39, 0.29) is 0 Å². The lowest BCUT2D eigenvalue weighted by molar-refractivity contribution is 0.112. The summed E-state index contributed by atoms with van der Waals surface area (Å²) in [5.74, 6) is 0.737. The Morgan fingerprint density at radius 3 is 2.69 bits per heavy atom. The van der Waals surface area contributed by atoms with Crippen LogP contribution in [-0.4, -0.2) is 18.0 Å². The van der Waals surface area contributed by atoms with Gasteiger partial charge in [0, 0.05) is 23.7 Å². The van der Waals surface area contributed by atoms with Crippen molar-refractivity contribution in [3.05, 3.63) is 27.9 Å². The third kappa shape index (κ3) is 1.37. The first-order chi connectivity index (χ1) is 7.61. The third-order valence-electron chi connectivity index (χ3n) is 2.95. The molecule has 4 heteroatoms. The number of rotatable bonds is 2. The molecule has 0 amide bonds. The first-order valence-corrected chi connectivity index (χ1v) is 5.67. The number of hydrogen-bond donors (Lipinski definition) is 0. The van der Waals surface area contributed by atoms with Crippen molar-refractivity contribution in [2.75, 3.05) is 7.11 Å². The van der Waals surface area contributed by atoms with Crippen molar-refractivity contribution < 1.29 is 9.53 Å². The predicted octanol–water partition coefficient (Wildman–Crippen LogP) is 3.07. The number of methoxy groups -OCH3 is 1. The lowest BCUT2D eigenvalue weighted by Gasteiger charge is -2.05. The Bertz CT molecular complexity index is 572. The van der Waals surface area contributed by atoms with E-state index in [0.717, 1.165) is 33.1 Å². The molecule has 1 heterocycles. The van der Waals surface area contributed by atoms with E-state index in [2.05, 4.69) is 15.9 Å². The van der Waals surface area contributed by atoms with E-state index in [4.69, 9.17) is 4.74 Å². The number of ether oxygens (including phenoxy) is 1. The molecular formula is C12H12BrNO2. The van der Waals surface area contributed by atoms with Crippen LogP contribution in [0.3, 0.4) is 0 Å². The van der Waals surface area contributed by atoms with Gasteiger partial charge in [0.05, 0.1) is 17.1 Å². The molecule has 0 saturated carbocycles. The van der Waals surface area contributed by atoms with E-state index in [9.17, 15) is 4.79 Å². The maximum absolute atomic E-state index is 11.1. The Balaban J connectivity index is 2.97. The quantitative estimate of drug-likeness (QED) is 0.793. The molecule has 84 valence electrons. The molecule has 0 saturated heterocycles. The molecule has 0 unspecified atom stereocenters. The molecule has 2 aromatic rings. The van der Waals surface area contributed by atoms with Gasteiger partial charge in [-0.05, 0) is 35.0 Å². The van der Waals surface area contributed by atoms with E-state index in [1.807, 2.05) is 30.7 Å². The first kappa shape index (κ1) is 11.2. The number of hydrogen-bond acceptors (Lipinski definition) is 2. The number of aldehydes is 1. The molecule has 0 radical (unpaired) electrons. The molecule has 0 aliphatic rings. The van der Waals surface area contributed by atoms with Crippen molar-refractivity contribution in [3.8, 4) is 5.75 Å². The molecule has 2 rings (SSSR count). The fourth-order valence-electron chi connectivity index (χ4n) is 1.93. The van der Waals surface area contributed by atoms with Crippen LogP contribution < -0.4 is 4.74 Å². The zero-order valence-corrected chi connectivity index (χ0v) is 11.0. The number of aromatic nitrogens is 1. The van der Waals surface area contributed by atoms with E-state index in [0.29, 0.717) is 5.56 Å². The number of fused-ring (bicyclic) bond motifs is 1. The van der Waals surface area contributed by atoms with Crippen LogP contribution in [0, 0.1) is 6.92 Å². The summed E-state index contributed by atoms with van der Waals surface area (Å²) >= 11 is 3.48. The second-order valence-corrected chi connectivity index (χ2v) is 4.44. The molecule has 0 fully saturated rings. The fraction of sp³-hybridized carbons (Fsp3) is 0.250. The molecule has 0 bridgehead atoms. The van der Waals surface area contributed by atoms with E-state index >= 15 is 0 Å².